The third-order valence-corrected chi connectivity index (χ3v) is 5.78. The molecule has 2 aromatic carbocycles. The van der Waals surface area contributed by atoms with Crippen LogP contribution in [0.2, 0.25) is 10.0 Å². The van der Waals surface area contributed by atoms with Crippen LogP contribution in [0.4, 0.5) is 8.78 Å². The molecule has 0 aromatic heterocycles. The smallest absolute Gasteiger partial charge is 0.310 e. The fraction of sp³-hybridized carbons (Fsp3) is 0.391. The van der Waals surface area contributed by atoms with Crippen molar-refractivity contribution < 1.29 is 23.1 Å². The summed E-state index contributed by atoms with van der Waals surface area (Å²) in [7, 11) is 0. The fourth-order valence-electron chi connectivity index (χ4n) is 3.60. The van der Waals surface area contributed by atoms with Crippen LogP contribution in [-0.4, -0.2) is 49.4 Å². The zero-order valence-corrected chi connectivity index (χ0v) is 19.1. The normalized spacial score (nSPS) is 16.5. The van der Waals surface area contributed by atoms with Gasteiger partial charge in [-0.2, -0.15) is 0 Å². The molecule has 0 saturated carbocycles. The van der Waals surface area contributed by atoms with E-state index in [1.165, 1.54) is 24.3 Å². The van der Waals surface area contributed by atoms with Crippen LogP contribution < -0.4 is 0 Å². The van der Waals surface area contributed by atoms with Gasteiger partial charge in [-0.05, 0) is 62.7 Å². The molecule has 172 valence electrons. The molecule has 0 N–H and O–H groups in total. The summed E-state index contributed by atoms with van der Waals surface area (Å²) in [6.07, 6.45) is 1.71. The Morgan fingerprint density at radius 2 is 1.75 bits per heavy atom. The van der Waals surface area contributed by atoms with E-state index in [-0.39, 0.29) is 34.3 Å². The van der Waals surface area contributed by atoms with E-state index in [0.717, 1.165) is 31.5 Å². The topological polar surface area (TPSA) is 51.1 Å². The lowest BCUT2D eigenvalue weighted by Crippen LogP contribution is -2.40. The van der Waals surface area contributed by atoms with Crippen LogP contribution in [0.5, 0.6) is 0 Å². The van der Waals surface area contributed by atoms with E-state index in [2.05, 4.69) is 10.1 Å². The minimum atomic E-state index is -0.495. The number of oxime groups is 1. The maximum atomic E-state index is 13.5. The molecule has 0 aliphatic carbocycles. The Labute approximate surface area is 195 Å². The predicted molar refractivity (Wildman–Crippen MR) is 120 cm³/mol. The van der Waals surface area contributed by atoms with E-state index in [1.807, 2.05) is 0 Å². The number of rotatable bonds is 8. The Bertz CT molecular complexity index is 934. The van der Waals surface area contributed by atoms with Gasteiger partial charge in [0.25, 0.3) is 0 Å². The van der Waals surface area contributed by atoms with Gasteiger partial charge in [0.05, 0.1) is 22.6 Å². The lowest BCUT2D eigenvalue weighted by Gasteiger charge is -2.30. The van der Waals surface area contributed by atoms with Gasteiger partial charge in [0.2, 0.25) is 0 Å². The summed E-state index contributed by atoms with van der Waals surface area (Å²) in [6, 6.07) is 7.75. The minimum absolute atomic E-state index is 0.126. The first-order valence-electron chi connectivity index (χ1n) is 10.4. The first-order chi connectivity index (χ1) is 15.4. The quantitative estimate of drug-likeness (QED) is 0.220. The van der Waals surface area contributed by atoms with Gasteiger partial charge in [-0.1, -0.05) is 28.4 Å². The zero-order chi connectivity index (χ0) is 23.1. The molecule has 0 spiro atoms. The lowest BCUT2D eigenvalue weighted by molar-refractivity contribution is -0.150. The summed E-state index contributed by atoms with van der Waals surface area (Å²) in [6.45, 7) is 4.42. The van der Waals surface area contributed by atoms with Crippen LogP contribution in [0, 0.1) is 17.6 Å². The van der Waals surface area contributed by atoms with Gasteiger partial charge >= 0.3 is 5.97 Å². The third-order valence-electron chi connectivity index (χ3n) is 5.15. The Morgan fingerprint density at radius 3 is 2.31 bits per heavy atom. The summed E-state index contributed by atoms with van der Waals surface area (Å²) in [5.74, 6) is -1.30. The van der Waals surface area contributed by atoms with E-state index >= 15 is 0 Å². The lowest BCUT2D eigenvalue weighted by atomic mass is 9.98. The standard InChI is InChI=1S/C23H24Cl2F2N2O3/c1-2-31-23(30)15-4-3-9-29(14-15)10-11-32-28-22(18-7-5-16(26)12-20(18)24)19-8-6-17(27)13-21(19)25/h5-8,12-13,15H,2-4,9-11,14H2,1H3/t15-/m1/s1. The Balaban J connectivity index is 1.72. The van der Waals surface area contributed by atoms with Crippen LogP contribution in [-0.2, 0) is 14.4 Å². The van der Waals surface area contributed by atoms with Crippen molar-refractivity contribution in [2.75, 3.05) is 32.8 Å². The molecule has 1 heterocycles. The number of esters is 1. The van der Waals surface area contributed by atoms with Crippen LogP contribution >= 0.6 is 23.2 Å². The number of carbonyl (C=O) groups is 1. The number of hydrogen-bond donors (Lipinski definition) is 0. The summed E-state index contributed by atoms with van der Waals surface area (Å²) in [5.41, 5.74) is 1.08. The minimum Gasteiger partial charge on any atom is -0.466 e. The number of benzene rings is 2. The van der Waals surface area contributed by atoms with Gasteiger partial charge in [0.15, 0.2) is 0 Å². The molecule has 0 radical (unpaired) electrons. The van der Waals surface area contributed by atoms with Crippen molar-refractivity contribution in [2.24, 2.45) is 11.1 Å². The average Bonchev–Trinajstić information content (AvgIpc) is 2.75. The molecule has 0 unspecified atom stereocenters. The van der Waals surface area contributed by atoms with Crippen molar-refractivity contribution >= 4 is 34.9 Å². The molecule has 9 heteroatoms. The molecule has 5 nitrogen and oxygen atoms in total. The molecule has 1 saturated heterocycles. The van der Waals surface area contributed by atoms with Crippen LogP contribution in [0.15, 0.2) is 41.6 Å². The molecule has 1 fully saturated rings. The zero-order valence-electron chi connectivity index (χ0n) is 17.6. The molecule has 0 amide bonds. The second-order valence-electron chi connectivity index (χ2n) is 7.41. The molecule has 1 atom stereocenters. The number of ether oxygens (including phenoxy) is 1. The van der Waals surface area contributed by atoms with E-state index in [9.17, 15) is 13.6 Å². The molecular weight excluding hydrogens is 461 g/mol. The number of hydrogen-bond acceptors (Lipinski definition) is 5. The second-order valence-corrected chi connectivity index (χ2v) is 8.23. The predicted octanol–water partition coefficient (Wildman–Crippen LogP) is 5.32. The molecule has 32 heavy (non-hydrogen) atoms. The van der Waals surface area contributed by atoms with Crippen molar-refractivity contribution in [3.63, 3.8) is 0 Å². The Kier molecular flexibility index (Phi) is 8.84. The van der Waals surface area contributed by atoms with Gasteiger partial charge in [0.1, 0.15) is 24.0 Å². The van der Waals surface area contributed by atoms with Crippen LogP contribution in [0.1, 0.15) is 30.9 Å². The van der Waals surface area contributed by atoms with Gasteiger partial charge in [-0.3, -0.25) is 9.69 Å². The monoisotopic (exact) mass is 484 g/mol. The fourth-order valence-corrected chi connectivity index (χ4v) is 4.11. The molecule has 3 rings (SSSR count). The van der Waals surface area contributed by atoms with Crippen molar-refractivity contribution in [2.45, 2.75) is 19.8 Å². The third kappa shape index (κ3) is 6.40. The largest absolute Gasteiger partial charge is 0.466 e. The van der Waals surface area contributed by atoms with Gasteiger partial charge in [-0.15, -0.1) is 0 Å². The molecule has 1 aliphatic heterocycles. The van der Waals surface area contributed by atoms with Crippen LogP contribution in [0.25, 0.3) is 0 Å². The van der Waals surface area contributed by atoms with Gasteiger partial charge in [-0.25, -0.2) is 8.78 Å². The number of halogens is 4. The van der Waals surface area contributed by atoms with E-state index < -0.39 is 11.6 Å². The maximum absolute atomic E-state index is 13.5. The van der Waals surface area contributed by atoms with Gasteiger partial charge in [0, 0.05) is 24.2 Å². The highest BCUT2D eigenvalue weighted by molar-refractivity contribution is 6.38. The number of piperidine rings is 1. The first kappa shape index (κ1) is 24.4. The number of carbonyl (C=O) groups excluding carboxylic acids is 1. The Morgan fingerprint density at radius 1 is 1.12 bits per heavy atom. The molecule has 0 bridgehead atoms. The highest BCUT2D eigenvalue weighted by Gasteiger charge is 2.26. The molecular formula is C23H24Cl2F2N2O3. The highest BCUT2D eigenvalue weighted by atomic mass is 35.5. The van der Waals surface area contributed by atoms with Crippen molar-refractivity contribution in [3.8, 4) is 0 Å². The van der Waals surface area contributed by atoms with Crippen molar-refractivity contribution in [3.05, 3.63) is 69.2 Å². The average molecular weight is 485 g/mol. The molecule has 1 aliphatic rings. The number of nitrogens with zero attached hydrogens (tertiary/aromatic N) is 2. The van der Waals surface area contributed by atoms with E-state index in [0.29, 0.717) is 30.8 Å². The Hall–Kier alpha value is -2.22. The first-order valence-corrected chi connectivity index (χ1v) is 11.1. The summed E-state index contributed by atoms with van der Waals surface area (Å²) in [5, 5.41) is 4.45. The summed E-state index contributed by atoms with van der Waals surface area (Å²) < 4.78 is 32.2. The second kappa shape index (κ2) is 11.6. The maximum Gasteiger partial charge on any atom is 0.310 e. The van der Waals surface area contributed by atoms with Gasteiger partial charge < -0.3 is 9.57 Å². The van der Waals surface area contributed by atoms with E-state index in [4.69, 9.17) is 32.8 Å². The van der Waals surface area contributed by atoms with E-state index in [1.54, 1.807) is 6.92 Å². The van der Waals surface area contributed by atoms with Crippen molar-refractivity contribution in [1.82, 2.24) is 4.90 Å². The molecule has 2 aromatic rings. The highest BCUT2D eigenvalue weighted by Crippen LogP contribution is 2.26. The summed E-state index contributed by atoms with van der Waals surface area (Å²) in [4.78, 5) is 19.7. The number of likely N-dealkylation sites (tertiary alicyclic amines) is 1. The summed E-state index contributed by atoms with van der Waals surface area (Å²) >= 11 is 12.4. The van der Waals surface area contributed by atoms with Crippen LogP contribution in [0.3, 0.4) is 0 Å². The van der Waals surface area contributed by atoms with Crippen molar-refractivity contribution in [1.29, 1.82) is 0 Å². The SMILES string of the molecule is CCOC(=O)[C@@H]1CCCN(CCON=C(c2ccc(F)cc2Cl)c2ccc(F)cc2Cl)C1.